The van der Waals surface area contributed by atoms with Crippen molar-refractivity contribution in [1.82, 2.24) is 5.23 Å². The van der Waals surface area contributed by atoms with E-state index in [4.69, 9.17) is 4.84 Å². The number of hydroxylamine groups is 2. The fraction of sp³-hybridized carbons (Fsp3) is 1.00. The zero-order chi connectivity index (χ0) is 9.47. The summed E-state index contributed by atoms with van der Waals surface area (Å²) in [5.41, 5.74) is -0.180. The van der Waals surface area contributed by atoms with Gasteiger partial charge < -0.3 is 10.0 Å². The van der Waals surface area contributed by atoms with Gasteiger partial charge in [0.15, 0.2) is 0 Å². The zero-order valence-electron chi connectivity index (χ0n) is 8.45. The smallest absolute Gasteiger partial charge is 0.0865 e. The lowest BCUT2D eigenvalue weighted by Crippen LogP contribution is -2.39. The van der Waals surface area contributed by atoms with Crippen molar-refractivity contribution < 1.29 is 4.84 Å². The third-order valence-corrected chi connectivity index (χ3v) is 3.44. The summed E-state index contributed by atoms with van der Waals surface area (Å²) in [6, 6.07) is 0. The Kier molecular flexibility index (Phi) is 2.34. The molecule has 2 unspecified atom stereocenters. The Hall–Kier alpha value is -0.120. The summed E-state index contributed by atoms with van der Waals surface area (Å²) >= 11 is 0. The standard InChI is InChI=1S/C10H18NO2/c1-10(13-11(2)12)6-8-3-4-9(5-8)7-10/h8-9H,3-7H2,1-2H3/q-1. The molecule has 0 amide bonds. The third-order valence-electron chi connectivity index (χ3n) is 3.44. The van der Waals surface area contributed by atoms with Crippen LogP contribution in [0.2, 0.25) is 0 Å². The number of hydrogen-bond donors (Lipinski definition) is 0. The second-order valence-electron chi connectivity index (χ2n) is 4.93. The number of rotatable bonds is 2. The average Bonchev–Trinajstić information content (AvgIpc) is 2.27. The Morgan fingerprint density at radius 3 is 2.31 bits per heavy atom. The summed E-state index contributed by atoms with van der Waals surface area (Å²) in [6.45, 7) is 2.08. The van der Waals surface area contributed by atoms with Gasteiger partial charge in [-0.2, -0.15) is 0 Å². The van der Waals surface area contributed by atoms with E-state index in [9.17, 15) is 5.21 Å². The van der Waals surface area contributed by atoms with Crippen molar-refractivity contribution in [1.29, 1.82) is 0 Å². The van der Waals surface area contributed by atoms with Crippen molar-refractivity contribution in [2.24, 2.45) is 11.8 Å². The van der Waals surface area contributed by atoms with Crippen LogP contribution in [0.4, 0.5) is 0 Å². The zero-order valence-corrected chi connectivity index (χ0v) is 8.45. The summed E-state index contributed by atoms with van der Waals surface area (Å²) in [5, 5.41) is 11.5. The monoisotopic (exact) mass is 184 g/mol. The van der Waals surface area contributed by atoms with Gasteiger partial charge in [-0.3, -0.25) is 5.23 Å². The van der Waals surface area contributed by atoms with Gasteiger partial charge in [0, 0.05) is 0 Å². The molecule has 2 saturated carbocycles. The number of hydrogen-bond acceptors (Lipinski definition) is 3. The maximum Gasteiger partial charge on any atom is 0.0865 e. The highest BCUT2D eigenvalue weighted by atomic mass is 16.9. The topological polar surface area (TPSA) is 35.5 Å². The fourth-order valence-corrected chi connectivity index (χ4v) is 3.24. The van der Waals surface area contributed by atoms with E-state index in [2.05, 4.69) is 6.92 Å². The van der Waals surface area contributed by atoms with E-state index in [1.54, 1.807) is 0 Å². The molecule has 2 atom stereocenters. The van der Waals surface area contributed by atoms with Crippen LogP contribution in [0.1, 0.15) is 39.0 Å². The Bertz CT molecular complexity index is 181. The van der Waals surface area contributed by atoms with Gasteiger partial charge in [0.1, 0.15) is 0 Å². The van der Waals surface area contributed by atoms with Crippen molar-refractivity contribution >= 4 is 0 Å². The summed E-state index contributed by atoms with van der Waals surface area (Å²) in [6.07, 6.45) is 6.17. The number of nitrogens with zero attached hydrogens (tertiary/aromatic N) is 1. The molecule has 0 aromatic rings. The van der Waals surface area contributed by atoms with Gasteiger partial charge in [-0.05, 0) is 45.1 Å². The first-order valence-corrected chi connectivity index (χ1v) is 5.17. The summed E-state index contributed by atoms with van der Waals surface area (Å²) in [7, 11) is 1.43. The maximum absolute atomic E-state index is 10.8. The molecule has 0 radical (unpaired) electrons. The van der Waals surface area contributed by atoms with Gasteiger partial charge in [0.2, 0.25) is 0 Å². The van der Waals surface area contributed by atoms with Gasteiger partial charge in [-0.1, -0.05) is 12.8 Å². The molecule has 0 aliphatic heterocycles. The Labute approximate surface area is 79.6 Å². The molecule has 76 valence electrons. The lowest BCUT2D eigenvalue weighted by Gasteiger charge is -2.41. The fourth-order valence-electron chi connectivity index (χ4n) is 3.24. The predicted octanol–water partition coefficient (Wildman–Crippen LogP) is 2.32. The van der Waals surface area contributed by atoms with Crippen LogP contribution in [0.25, 0.3) is 0 Å². The summed E-state index contributed by atoms with van der Waals surface area (Å²) in [4.78, 5) is 5.34. The average molecular weight is 184 g/mol. The molecule has 0 saturated heterocycles. The van der Waals surface area contributed by atoms with Crippen LogP contribution in [-0.4, -0.2) is 17.9 Å². The van der Waals surface area contributed by atoms with E-state index in [1.165, 1.54) is 26.3 Å². The second-order valence-corrected chi connectivity index (χ2v) is 4.93. The molecule has 3 nitrogen and oxygen atoms in total. The second kappa shape index (κ2) is 3.23. The van der Waals surface area contributed by atoms with Crippen LogP contribution in [0.3, 0.4) is 0 Å². The van der Waals surface area contributed by atoms with Gasteiger partial charge in [0.05, 0.1) is 5.60 Å². The molecular weight excluding hydrogens is 166 g/mol. The van der Waals surface area contributed by atoms with Crippen molar-refractivity contribution in [2.75, 3.05) is 7.05 Å². The van der Waals surface area contributed by atoms with Crippen molar-refractivity contribution in [2.45, 2.75) is 44.6 Å². The first-order chi connectivity index (χ1) is 6.07. The van der Waals surface area contributed by atoms with Crippen molar-refractivity contribution in [3.63, 3.8) is 0 Å². The minimum absolute atomic E-state index is 0.180. The highest BCUT2D eigenvalue weighted by molar-refractivity contribution is 4.92. The predicted molar refractivity (Wildman–Crippen MR) is 50.7 cm³/mol. The molecule has 13 heavy (non-hydrogen) atoms. The Balaban J connectivity index is 1.99. The summed E-state index contributed by atoms with van der Waals surface area (Å²) in [5.74, 6) is 1.62. The first kappa shape index (κ1) is 9.44. The van der Waals surface area contributed by atoms with Gasteiger partial charge in [0.25, 0.3) is 0 Å². The SMILES string of the molecule is CN([O-])OC1(C)CC2CCC(C2)C1. The van der Waals surface area contributed by atoms with Crippen LogP contribution in [0, 0.1) is 17.0 Å². The molecule has 3 heteroatoms. The lowest BCUT2D eigenvalue weighted by atomic mass is 9.79. The Morgan fingerprint density at radius 1 is 1.31 bits per heavy atom. The van der Waals surface area contributed by atoms with E-state index in [-0.39, 0.29) is 5.60 Å². The van der Waals surface area contributed by atoms with Crippen LogP contribution >= 0.6 is 0 Å². The largest absolute Gasteiger partial charge is 0.762 e. The molecule has 2 aliphatic rings. The first-order valence-electron chi connectivity index (χ1n) is 5.17. The van der Waals surface area contributed by atoms with Crippen molar-refractivity contribution in [3.8, 4) is 0 Å². The molecule has 0 aromatic carbocycles. The van der Waals surface area contributed by atoms with Gasteiger partial charge >= 0.3 is 0 Å². The van der Waals surface area contributed by atoms with Crippen LogP contribution < -0.4 is 0 Å². The molecular formula is C10H18NO2-. The highest BCUT2D eigenvalue weighted by Gasteiger charge is 2.42. The van der Waals surface area contributed by atoms with Crippen LogP contribution in [0.15, 0.2) is 0 Å². The van der Waals surface area contributed by atoms with E-state index < -0.39 is 0 Å². The minimum atomic E-state index is -0.180. The van der Waals surface area contributed by atoms with E-state index >= 15 is 0 Å². The highest BCUT2D eigenvalue weighted by Crippen LogP contribution is 2.47. The van der Waals surface area contributed by atoms with Gasteiger partial charge in [-0.15, -0.1) is 0 Å². The molecule has 0 N–H and O–H groups in total. The van der Waals surface area contributed by atoms with Crippen LogP contribution in [0.5, 0.6) is 0 Å². The number of fused-ring (bicyclic) bond motifs is 2. The van der Waals surface area contributed by atoms with Crippen molar-refractivity contribution in [3.05, 3.63) is 5.21 Å². The van der Waals surface area contributed by atoms with E-state index in [0.29, 0.717) is 5.23 Å². The van der Waals surface area contributed by atoms with E-state index in [0.717, 1.165) is 24.7 Å². The normalized spacial score (nSPS) is 44.3. The Morgan fingerprint density at radius 2 is 1.85 bits per heavy atom. The molecule has 2 aliphatic carbocycles. The minimum Gasteiger partial charge on any atom is -0.762 e. The quantitative estimate of drug-likeness (QED) is 0.618. The summed E-state index contributed by atoms with van der Waals surface area (Å²) < 4.78 is 0. The molecule has 2 rings (SSSR count). The lowest BCUT2D eigenvalue weighted by molar-refractivity contribution is -0.218. The van der Waals surface area contributed by atoms with Crippen LogP contribution in [-0.2, 0) is 4.84 Å². The molecule has 2 fully saturated rings. The maximum atomic E-state index is 10.8. The third kappa shape index (κ3) is 2.03. The van der Waals surface area contributed by atoms with Gasteiger partial charge in [-0.25, -0.2) is 0 Å². The molecule has 0 aromatic heterocycles. The molecule has 0 heterocycles. The van der Waals surface area contributed by atoms with E-state index in [1.807, 2.05) is 0 Å². The molecule has 2 bridgehead atoms. The molecule has 0 spiro atoms.